The molecule has 0 radical (unpaired) electrons. The van der Waals surface area contributed by atoms with Gasteiger partial charge in [0.1, 0.15) is 0 Å². The van der Waals surface area contributed by atoms with Gasteiger partial charge in [0, 0.05) is 18.3 Å². The molecule has 0 saturated heterocycles. The predicted molar refractivity (Wildman–Crippen MR) is 81.7 cm³/mol. The zero-order chi connectivity index (χ0) is 15.6. The first-order valence-corrected chi connectivity index (χ1v) is 8.35. The molecule has 3 rings (SSSR count). The van der Waals surface area contributed by atoms with Crippen molar-refractivity contribution >= 4 is 21.6 Å². The average Bonchev–Trinajstić information content (AvgIpc) is 2.53. The van der Waals surface area contributed by atoms with Gasteiger partial charge in [-0.05, 0) is 42.3 Å². The minimum Gasteiger partial charge on any atom is -0.326 e. The molecule has 0 bridgehead atoms. The molecule has 2 N–H and O–H groups in total. The first-order valence-electron chi connectivity index (χ1n) is 6.87. The molecular weight excluding hydrogens is 302 g/mol. The number of hydrogen-bond donors (Lipinski definition) is 2. The lowest BCUT2D eigenvalue weighted by molar-refractivity contribution is -0.116. The van der Waals surface area contributed by atoms with Crippen LogP contribution < -0.4 is 10.0 Å². The van der Waals surface area contributed by atoms with Crippen molar-refractivity contribution in [3.05, 3.63) is 53.9 Å². The molecule has 0 unspecified atom stereocenters. The normalized spacial score (nSPS) is 14.3. The summed E-state index contributed by atoms with van der Waals surface area (Å²) in [6, 6.07) is 10.1. The first-order chi connectivity index (χ1) is 10.5. The van der Waals surface area contributed by atoms with Crippen molar-refractivity contribution in [1.82, 2.24) is 9.71 Å². The fourth-order valence-corrected chi connectivity index (χ4v) is 3.33. The Kier molecular flexibility index (Phi) is 3.91. The van der Waals surface area contributed by atoms with Gasteiger partial charge in [0.05, 0.1) is 17.1 Å². The summed E-state index contributed by atoms with van der Waals surface area (Å²) in [6.45, 7) is 0.136. The van der Waals surface area contributed by atoms with Gasteiger partial charge in [0.15, 0.2) is 0 Å². The van der Waals surface area contributed by atoms with Gasteiger partial charge in [-0.2, -0.15) is 0 Å². The van der Waals surface area contributed by atoms with Crippen LogP contribution in [0.1, 0.15) is 17.7 Å². The summed E-state index contributed by atoms with van der Waals surface area (Å²) in [5.41, 5.74) is 2.16. The SMILES string of the molecule is O=C1CCc2cc(S(=O)(=O)NCc3ccccn3)ccc2N1. The molecule has 1 aromatic carbocycles. The third kappa shape index (κ3) is 3.15. The Balaban J connectivity index is 1.79. The summed E-state index contributed by atoms with van der Waals surface area (Å²) in [5, 5.41) is 2.73. The summed E-state index contributed by atoms with van der Waals surface area (Å²) in [4.78, 5) is 15.6. The topological polar surface area (TPSA) is 88.2 Å². The van der Waals surface area contributed by atoms with Gasteiger partial charge < -0.3 is 5.32 Å². The second-order valence-corrected chi connectivity index (χ2v) is 6.78. The molecule has 1 amide bonds. The van der Waals surface area contributed by atoms with Gasteiger partial charge >= 0.3 is 0 Å². The molecule has 6 nitrogen and oxygen atoms in total. The lowest BCUT2D eigenvalue weighted by atomic mass is 10.0. The summed E-state index contributed by atoms with van der Waals surface area (Å²) in [6.07, 6.45) is 2.54. The molecule has 0 fully saturated rings. The number of anilines is 1. The van der Waals surface area contributed by atoms with Crippen LogP contribution in [0.5, 0.6) is 0 Å². The Morgan fingerprint density at radius 3 is 2.82 bits per heavy atom. The van der Waals surface area contributed by atoms with E-state index in [4.69, 9.17) is 0 Å². The smallest absolute Gasteiger partial charge is 0.240 e. The summed E-state index contributed by atoms with van der Waals surface area (Å²) in [7, 11) is -3.61. The number of sulfonamides is 1. The maximum absolute atomic E-state index is 12.3. The van der Waals surface area contributed by atoms with Gasteiger partial charge in [-0.3, -0.25) is 9.78 Å². The number of benzene rings is 1. The van der Waals surface area contributed by atoms with Crippen LogP contribution in [0.4, 0.5) is 5.69 Å². The number of hydrogen-bond acceptors (Lipinski definition) is 4. The number of amides is 1. The molecular formula is C15H15N3O3S. The second kappa shape index (κ2) is 5.86. The van der Waals surface area contributed by atoms with Crippen molar-refractivity contribution in [2.75, 3.05) is 5.32 Å². The van der Waals surface area contributed by atoms with E-state index in [0.717, 1.165) is 5.56 Å². The fourth-order valence-electron chi connectivity index (χ4n) is 2.28. The molecule has 2 heterocycles. The molecule has 0 saturated carbocycles. The summed E-state index contributed by atoms with van der Waals surface area (Å²) < 4.78 is 27.2. The fraction of sp³-hybridized carbons (Fsp3) is 0.200. The van der Waals surface area contributed by atoms with Crippen LogP contribution >= 0.6 is 0 Å². The minimum atomic E-state index is -3.61. The number of aromatic nitrogens is 1. The minimum absolute atomic E-state index is 0.0450. The summed E-state index contributed by atoms with van der Waals surface area (Å²) >= 11 is 0. The maximum atomic E-state index is 12.3. The Labute approximate surface area is 128 Å². The van der Waals surface area contributed by atoms with Gasteiger partial charge in [-0.15, -0.1) is 0 Å². The van der Waals surface area contributed by atoms with E-state index in [2.05, 4.69) is 15.0 Å². The standard InChI is InChI=1S/C15H15N3O3S/c19-15-7-4-11-9-13(5-6-14(11)18-15)22(20,21)17-10-12-3-1-2-8-16-12/h1-3,5-6,8-9,17H,4,7,10H2,(H,18,19). The quantitative estimate of drug-likeness (QED) is 0.893. The largest absolute Gasteiger partial charge is 0.326 e. The maximum Gasteiger partial charge on any atom is 0.240 e. The average molecular weight is 317 g/mol. The van der Waals surface area contributed by atoms with Crippen LogP contribution in [0.3, 0.4) is 0 Å². The van der Waals surface area contributed by atoms with E-state index in [0.29, 0.717) is 24.2 Å². The van der Waals surface area contributed by atoms with Crippen LogP contribution in [-0.2, 0) is 27.8 Å². The van der Waals surface area contributed by atoms with Crippen LogP contribution in [-0.4, -0.2) is 19.3 Å². The first kappa shape index (κ1) is 14.7. The Bertz CT molecular complexity index is 804. The molecule has 0 atom stereocenters. The highest BCUT2D eigenvalue weighted by molar-refractivity contribution is 7.89. The predicted octanol–water partition coefficient (Wildman–Crippen LogP) is 1.44. The summed E-state index contributed by atoms with van der Waals surface area (Å²) in [5.74, 6) is -0.0450. The van der Waals surface area contributed by atoms with E-state index < -0.39 is 10.0 Å². The van der Waals surface area contributed by atoms with E-state index in [1.54, 1.807) is 36.5 Å². The number of nitrogens with zero attached hydrogens (tertiary/aromatic N) is 1. The van der Waals surface area contributed by atoms with Crippen molar-refractivity contribution in [3.8, 4) is 0 Å². The third-order valence-electron chi connectivity index (χ3n) is 3.45. The lowest BCUT2D eigenvalue weighted by Gasteiger charge is -2.17. The van der Waals surface area contributed by atoms with Crippen LogP contribution in [0, 0.1) is 0 Å². The van der Waals surface area contributed by atoms with E-state index >= 15 is 0 Å². The van der Waals surface area contributed by atoms with E-state index in [-0.39, 0.29) is 17.3 Å². The zero-order valence-corrected chi connectivity index (χ0v) is 12.6. The lowest BCUT2D eigenvalue weighted by Crippen LogP contribution is -2.24. The van der Waals surface area contributed by atoms with Crippen molar-refractivity contribution in [2.24, 2.45) is 0 Å². The van der Waals surface area contributed by atoms with E-state index in [1.165, 1.54) is 6.07 Å². The van der Waals surface area contributed by atoms with E-state index in [1.807, 2.05) is 0 Å². The molecule has 7 heteroatoms. The number of pyridine rings is 1. The van der Waals surface area contributed by atoms with E-state index in [9.17, 15) is 13.2 Å². The molecule has 22 heavy (non-hydrogen) atoms. The van der Waals surface area contributed by atoms with Crippen LogP contribution in [0.15, 0.2) is 47.5 Å². The van der Waals surface area contributed by atoms with Crippen molar-refractivity contribution < 1.29 is 13.2 Å². The Morgan fingerprint density at radius 2 is 2.05 bits per heavy atom. The van der Waals surface area contributed by atoms with Crippen LogP contribution in [0.25, 0.3) is 0 Å². The monoisotopic (exact) mass is 317 g/mol. The molecule has 1 aliphatic heterocycles. The Hall–Kier alpha value is -2.25. The highest BCUT2D eigenvalue weighted by atomic mass is 32.2. The van der Waals surface area contributed by atoms with Crippen molar-refractivity contribution in [2.45, 2.75) is 24.3 Å². The number of nitrogens with one attached hydrogen (secondary N) is 2. The molecule has 114 valence electrons. The number of carbonyl (C=O) groups excluding carboxylic acids is 1. The van der Waals surface area contributed by atoms with Gasteiger partial charge in [-0.1, -0.05) is 6.07 Å². The second-order valence-electron chi connectivity index (χ2n) is 5.01. The molecule has 0 aliphatic carbocycles. The van der Waals surface area contributed by atoms with Gasteiger partial charge in [-0.25, -0.2) is 13.1 Å². The highest BCUT2D eigenvalue weighted by Gasteiger charge is 2.19. The molecule has 2 aromatic rings. The molecule has 0 spiro atoms. The molecule has 1 aliphatic rings. The van der Waals surface area contributed by atoms with Crippen molar-refractivity contribution in [3.63, 3.8) is 0 Å². The number of rotatable bonds is 4. The molecule has 1 aromatic heterocycles. The third-order valence-corrected chi connectivity index (χ3v) is 4.85. The zero-order valence-electron chi connectivity index (χ0n) is 11.7. The van der Waals surface area contributed by atoms with Crippen LogP contribution in [0.2, 0.25) is 0 Å². The number of aryl methyl sites for hydroxylation is 1. The Morgan fingerprint density at radius 1 is 1.18 bits per heavy atom. The number of fused-ring (bicyclic) bond motifs is 1. The highest BCUT2D eigenvalue weighted by Crippen LogP contribution is 2.25. The van der Waals surface area contributed by atoms with Gasteiger partial charge in [0.2, 0.25) is 15.9 Å². The van der Waals surface area contributed by atoms with Crippen molar-refractivity contribution in [1.29, 1.82) is 0 Å². The number of carbonyl (C=O) groups is 1. The van der Waals surface area contributed by atoms with Gasteiger partial charge in [0.25, 0.3) is 0 Å².